The van der Waals surface area contributed by atoms with E-state index in [1.807, 2.05) is 0 Å². The second kappa shape index (κ2) is 6.36. The minimum Gasteiger partial charge on any atom is -0.379 e. The fourth-order valence-corrected chi connectivity index (χ4v) is 3.25. The van der Waals surface area contributed by atoms with Crippen molar-refractivity contribution in [3.8, 4) is 0 Å². The third kappa shape index (κ3) is 4.22. The average Bonchev–Trinajstić information content (AvgIpc) is 2.55. The lowest BCUT2D eigenvalue weighted by molar-refractivity contribution is 0.00211. The van der Waals surface area contributed by atoms with Crippen LogP contribution < -0.4 is 5.43 Å². The van der Waals surface area contributed by atoms with Crippen molar-refractivity contribution in [1.82, 2.24) is 10.4 Å². The fraction of sp³-hybridized carbons (Fsp3) is 1.00. The molecule has 0 radical (unpaired) electrons. The Kier molecular flexibility index (Phi) is 5.05. The molecule has 1 heterocycles. The van der Waals surface area contributed by atoms with Crippen LogP contribution in [0.25, 0.3) is 0 Å². The van der Waals surface area contributed by atoms with Crippen LogP contribution >= 0.6 is 0 Å². The van der Waals surface area contributed by atoms with Gasteiger partial charge in [0.25, 0.3) is 0 Å². The highest BCUT2D eigenvalue weighted by atomic mass is 16.5. The number of ether oxygens (including phenoxy) is 1. The van der Waals surface area contributed by atoms with Crippen LogP contribution in [-0.4, -0.2) is 37.4 Å². The van der Waals surface area contributed by atoms with Crippen LogP contribution in [0, 0.1) is 11.3 Å². The summed E-state index contributed by atoms with van der Waals surface area (Å²) >= 11 is 0. The van der Waals surface area contributed by atoms with Gasteiger partial charge in [-0.15, -0.1) is 0 Å². The summed E-state index contributed by atoms with van der Waals surface area (Å²) in [6.45, 7) is 11.0. The van der Waals surface area contributed by atoms with Crippen LogP contribution in [-0.2, 0) is 4.74 Å². The Morgan fingerprint density at radius 3 is 2.39 bits per heavy atom. The molecule has 2 aliphatic rings. The van der Waals surface area contributed by atoms with Crippen LogP contribution in [0.15, 0.2) is 0 Å². The van der Waals surface area contributed by atoms with Gasteiger partial charge in [0.05, 0.1) is 13.2 Å². The van der Waals surface area contributed by atoms with E-state index in [1.165, 1.54) is 32.1 Å². The van der Waals surface area contributed by atoms with Crippen LogP contribution in [0.5, 0.6) is 0 Å². The van der Waals surface area contributed by atoms with Crippen molar-refractivity contribution >= 4 is 0 Å². The maximum Gasteiger partial charge on any atom is 0.0608 e. The number of rotatable bonds is 2. The smallest absolute Gasteiger partial charge is 0.0608 e. The lowest BCUT2D eigenvalue weighted by atomic mass is 9.76. The Hall–Kier alpha value is -0.120. The van der Waals surface area contributed by atoms with Gasteiger partial charge >= 0.3 is 0 Å². The molecule has 0 aromatic carbocycles. The largest absolute Gasteiger partial charge is 0.379 e. The monoisotopic (exact) mass is 254 g/mol. The second-order valence-electron chi connectivity index (χ2n) is 7.00. The van der Waals surface area contributed by atoms with Gasteiger partial charge in [0.2, 0.25) is 0 Å². The molecule has 1 saturated heterocycles. The molecule has 1 N–H and O–H groups in total. The highest BCUT2D eigenvalue weighted by Gasteiger charge is 2.28. The Labute approximate surface area is 112 Å². The predicted molar refractivity (Wildman–Crippen MR) is 75.3 cm³/mol. The predicted octanol–water partition coefficient (Wildman–Crippen LogP) is 2.82. The zero-order valence-electron chi connectivity index (χ0n) is 12.4. The molecule has 3 heteroatoms. The maximum absolute atomic E-state index is 5.39. The molecule has 1 saturated carbocycles. The summed E-state index contributed by atoms with van der Waals surface area (Å²) in [6, 6.07) is 0.690. The summed E-state index contributed by atoms with van der Waals surface area (Å²) in [5, 5.41) is 2.37. The van der Waals surface area contributed by atoms with Crippen molar-refractivity contribution in [1.29, 1.82) is 0 Å². The third-order valence-electron chi connectivity index (χ3n) is 4.57. The van der Waals surface area contributed by atoms with E-state index in [0.29, 0.717) is 11.5 Å². The van der Waals surface area contributed by atoms with Crippen LogP contribution in [0.4, 0.5) is 0 Å². The number of hydrogen-bond acceptors (Lipinski definition) is 3. The SMILES string of the molecule is CC(C)(C)C1CCCC(NN2CCOCC2)CC1. The van der Waals surface area contributed by atoms with Crippen LogP contribution in [0.2, 0.25) is 0 Å². The molecule has 0 bridgehead atoms. The van der Waals surface area contributed by atoms with Gasteiger partial charge in [0, 0.05) is 19.1 Å². The van der Waals surface area contributed by atoms with Crippen molar-refractivity contribution in [3.05, 3.63) is 0 Å². The topological polar surface area (TPSA) is 24.5 Å². The lowest BCUT2D eigenvalue weighted by Crippen LogP contribution is -2.50. The lowest BCUT2D eigenvalue weighted by Gasteiger charge is -2.32. The summed E-state index contributed by atoms with van der Waals surface area (Å²) in [7, 11) is 0. The first-order valence-corrected chi connectivity index (χ1v) is 7.64. The molecular weight excluding hydrogens is 224 g/mol. The Bertz CT molecular complexity index is 243. The summed E-state index contributed by atoms with van der Waals surface area (Å²) < 4.78 is 5.39. The van der Waals surface area contributed by atoms with Crippen molar-refractivity contribution in [2.24, 2.45) is 11.3 Å². The van der Waals surface area contributed by atoms with E-state index in [4.69, 9.17) is 4.74 Å². The minimum absolute atomic E-state index is 0.480. The van der Waals surface area contributed by atoms with E-state index in [9.17, 15) is 0 Å². The highest BCUT2D eigenvalue weighted by Crippen LogP contribution is 2.36. The van der Waals surface area contributed by atoms with Gasteiger partial charge in [-0.2, -0.15) is 0 Å². The third-order valence-corrected chi connectivity index (χ3v) is 4.57. The molecule has 3 nitrogen and oxygen atoms in total. The quantitative estimate of drug-likeness (QED) is 0.767. The molecule has 106 valence electrons. The minimum atomic E-state index is 0.480. The normalized spacial score (nSPS) is 32.2. The van der Waals surface area contributed by atoms with Gasteiger partial charge in [-0.1, -0.05) is 27.2 Å². The molecule has 0 spiro atoms. The number of morpholine rings is 1. The summed E-state index contributed by atoms with van der Waals surface area (Å²) in [5.41, 5.74) is 4.20. The van der Waals surface area contributed by atoms with Crippen molar-refractivity contribution in [3.63, 3.8) is 0 Å². The molecule has 0 aromatic heterocycles. The van der Waals surface area contributed by atoms with E-state index in [2.05, 4.69) is 31.2 Å². The van der Waals surface area contributed by atoms with Gasteiger partial charge < -0.3 is 4.74 Å². The highest BCUT2D eigenvalue weighted by molar-refractivity contribution is 4.81. The molecule has 18 heavy (non-hydrogen) atoms. The van der Waals surface area contributed by atoms with E-state index >= 15 is 0 Å². The maximum atomic E-state index is 5.39. The summed E-state index contributed by atoms with van der Waals surface area (Å²) in [6.07, 6.45) is 6.84. The molecule has 1 aliphatic heterocycles. The Morgan fingerprint density at radius 1 is 1.00 bits per heavy atom. The van der Waals surface area contributed by atoms with Crippen LogP contribution in [0.3, 0.4) is 0 Å². The molecular formula is C15H30N2O. The van der Waals surface area contributed by atoms with Crippen LogP contribution in [0.1, 0.15) is 52.9 Å². The molecule has 2 unspecified atom stereocenters. The number of nitrogens with zero attached hydrogens (tertiary/aromatic N) is 1. The van der Waals surface area contributed by atoms with Gasteiger partial charge in [-0.05, 0) is 37.0 Å². The molecule has 2 fully saturated rings. The molecule has 2 atom stereocenters. The second-order valence-corrected chi connectivity index (χ2v) is 7.00. The van der Waals surface area contributed by atoms with Crippen molar-refractivity contribution in [2.75, 3.05) is 26.3 Å². The molecule has 2 rings (SSSR count). The molecule has 1 aliphatic carbocycles. The van der Waals surface area contributed by atoms with E-state index in [0.717, 1.165) is 32.2 Å². The standard InChI is InChI=1S/C15H30N2O/c1-15(2,3)13-5-4-6-14(8-7-13)16-17-9-11-18-12-10-17/h13-14,16H,4-12H2,1-3H3. The van der Waals surface area contributed by atoms with Crippen molar-refractivity contribution < 1.29 is 4.74 Å². The first-order valence-electron chi connectivity index (χ1n) is 7.64. The zero-order chi connectivity index (χ0) is 13.0. The van der Waals surface area contributed by atoms with E-state index in [-0.39, 0.29) is 0 Å². The van der Waals surface area contributed by atoms with E-state index in [1.54, 1.807) is 0 Å². The Balaban J connectivity index is 1.78. The number of hydrogen-bond donors (Lipinski definition) is 1. The zero-order valence-corrected chi connectivity index (χ0v) is 12.4. The average molecular weight is 254 g/mol. The number of hydrazine groups is 1. The summed E-state index contributed by atoms with van der Waals surface area (Å²) in [4.78, 5) is 0. The number of nitrogens with one attached hydrogen (secondary N) is 1. The Morgan fingerprint density at radius 2 is 1.72 bits per heavy atom. The fourth-order valence-electron chi connectivity index (χ4n) is 3.25. The van der Waals surface area contributed by atoms with Gasteiger partial charge in [-0.3, -0.25) is 5.43 Å². The molecule has 0 aromatic rings. The van der Waals surface area contributed by atoms with Gasteiger partial charge in [0.1, 0.15) is 0 Å². The van der Waals surface area contributed by atoms with Crippen molar-refractivity contribution in [2.45, 2.75) is 58.9 Å². The van der Waals surface area contributed by atoms with E-state index < -0.39 is 0 Å². The molecule has 0 amide bonds. The summed E-state index contributed by atoms with van der Waals surface area (Å²) in [5.74, 6) is 0.897. The van der Waals surface area contributed by atoms with Gasteiger partial charge in [0.15, 0.2) is 0 Å². The first-order chi connectivity index (χ1) is 8.55. The van der Waals surface area contributed by atoms with Gasteiger partial charge in [-0.25, -0.2) is 5.01 Å². The first kappa shape index (κ1) is 14.3.